The maximum atomic E-state index is 11.5. The van der Waals surface area contributed by atoms with Crippen LogP contribution in [-0.2, 0) is 9.59 Å². The van der Waals surface area contributed by atoms with Gasteiger partial charge in [0.25, 0.3) is 0 Å². The normalized spacial score (nSPS) is 11.2. The molecule has 5 heteroatoms. The minimum absolute atomic E-state index is 0.0590. The van der Waals surface area contributed by atoms with Crippen LogP contribution >= 0.6 is 0 Å². The summed E-state index contributed by atoms with van der Waals surface area (Å²) in [5.74, 6) is -0.0274. The Morgan fingerprint density at radius 3 is 2.38 bits per heavy atom. The van der Waals surface area contributed by atoms with Crippen molar-refractivity contribution in [1.82, 2.24) is 10.6 Å². The Labute approximate surface area is 96.6 Å². The topological polar surface area (TPSA) is 78.4 Å². The van der Waals surface area contributed by atoms with Crippen LogP contribution in [0.3, 0.4) is 0 Å². The molecule has 0 saturated carbocycles. The number of carbonyl (C=O) groups is 2. The van der Waals surface area contributed by atoms with Crippen LogP contribution in [0.1, 0.15) is 33.6 Å². The van der Waals surface area contributed by atoms with Crippen LogP contribution in [-0.4, -0.2) is 42.0 Å². The van der Waals surface area contributed by atoms with E-state index in [1.54, 1.807) is 0 Å². The Bertz CT molecular complexity index is 239. The molecule has 0 saturated heterocycles. The maximum absolute atomic E-state index is 11.5. The Morgan fingerprint density at radius 2 is 1.88 bits per heavy atom. The third-order valence-electron chi connectivity index (χ3n) is 1.99. The van der Waals surface area contributed by atoms with Crippen LogP contribution in [0.15, 0.2) is 0 Å². The quantitative estimate of drug-likeness (QED) is 0.506. The summed E-state index contributed by atoms with van der Waals surface area (Å²) in [6, 6.07) is 0. The highest BCUT2D eigenvalue weighted by atomic mass is 16.3. The lowest BCUT2D eigenvalue weighted by Crippen LogP contribution is -2.45. The Hall–Kier alpha value is -0.940. The van der Waals surface area contributed by atoms with Crippen molar-refractivity contribution in [2.45, 2.75) is 39.2 Å². The van der Waals surface area contributed by atoms with E-state index in [9.17, 15) is 9.59 Å². The third-order valence-corrected chi connectivity index (χ3v) is 1.99. The van der Waals surface area contributed by atoms with E-state index >= 15 is 0 Å². The van der Waals surface area contributed by atoms with Gasteiger partial charge in [0.05, 0.1) is 6.61 Å². The highest BCUT2D eigenvalue weighted by Crippen LogP contribution is 2.08. The van der Waals surface area contributed by atoms with Crippen LogP contribution in [0.2, 0.25) is 0 Å². The number of ketones is 1. The number of nitrogens with one attached hydrogen (secondary N) is 2. The largest absolute Gasteiger partial charge is 0.395 e. The molecule has 5 nitrogen and oxygen atoms in total. The summed E-state index contributed by atoms with van der Waals surface area (Å²) in [7, 11) is 0. The van der Waals surface area contributed by atoms with Crippen molar-refractivity contribution in [3.63, 3.8) is 0 Å². The van der Waals surface area contributed by atoms with Crippen LogP contribution in [0, 0.1) is 0 Å². The van der Waals surface area contributed by atoms with Gasteiger partial charge < -0.3 is 15.7 Å². The third kappa shape index (κ3) is 8.38. The van der Waals surface area contributed by atoms with Gasteiger partial charge in [0.15, 0.2) is 0 Å². The first-order valence-corrected chi connectivity index (χ1v) is 5.49. The van der Waals surface area contributed by atoms with E-state index in [1.807, 2.05) is 13.8 Å². The molecule has 0 fully saturated rings. The smallest absolute Gasteiger partial charge is 0.221 e. The molecule has 0 aliphatic carbocycles. The molecule has 0 aliphatic heterocycles. The fraction of sp³-hybridized carbons (Fsp3) is 0.818. The van der Waals surface area contributed by atoms with E-state index in [0.717, 1.165) is 0 Å². The second kappa shape index (κ2) is 7.35. The van der Waals surface area contributed by atoms with Crippen LogP contribution < -0.4 is 10.6 Å². The predicted octanol–water partition coefficient (Wildman–Crippen LogP) is -0.168. The molecule has 0 aromatic carbocycles. The summed E-state index contributed by atoms with van der Waals surface area (Å²) in [6.07, 6.45) is 0.685. The van der Waals surface area contributed by atoms with Gasteiger partial charge in [0.2, 0.25) is 5.91 Å². The highest BCUT2D eigenvalue weighted by molar-refractivity contribution is 5.80. The van der Waals surface area contributed by atoms with E-state index in [-0.39, 0.29) is 18.3 Å². The molecule has 0 spiro atoms. The zero-order valence-electron chi connectivity index (χ0n) is 10.3. The monoisotopic (exact) mass is 230 g/mol. The molecule has 0 radical (unpaired) electrons. The summed E-state index contributed by atoms with van der Waals surface area (Å²) in [4.78, 5) is 22.4. The van der Waals surface area contributed by atoms with Gasteiger partial charge in [-0.25, -0.2) is 0 Å². The molecule has 0 rings (SSSR count). The zero-order valence-corrected chi connectivity index (χ0v) is 10.3. The van der Waals surface area contributed by atoms with Crippen molar-refractivity contribution in [3.8, 4) is 0 Å². The zero-order chi connectivity index (χ0) is 12.6. The highest BCUT2D eigenvalue weighted by Gasteiger charge is 2.21. The van der Waals surface area contributed by atoms with Gasteiger partial charge in [-0.05, 0) is 20.8 Å². The lowest BCUT2D eigenvalue weighted by Gasteiger charge is -2.25. The molecule has 0 aliphatic rings. The summed E-state index contributed by atoms with van der Waals surface area (Å²) in [6.45, 7) is 6.25. The van der Waals surface area contributed by atoms with Crippen LogP contribution in [0.25, 0.3) is 0 Å². The molecule has 0 aromatic heterocycles. The van der Waals surface area contributed by atoms with E-state index in [4.69, 9.17) is 5.11 Å². The van der Waals surface area contributed by atoms with Gasteiger partial charge in [-0.2, -0.15) is 0 Å². The van der Waals surface area contributed by atoms with Gasteiger partial charge in [0, 0.05) is 31.5 Å². The fourth-order valence-electron chi connectivity index (χ4n) is 1.51. The Balaban J connectivity index is 3.80. The lowest BCUT2D eigenvalue weighted by atomic mass is 9.98. The second-order valence-corrected chi connectivity index (χ2v) is 4.53. The Kier molecular flexibility index (Phi) is 6.92. The summed E-state index contributed by atoms with van der Waals surface area (Å²) >= 11 is 0. The maximum Gasteiger partial charge on any atom is 0.221 e. The number of aliphatic hydroxyl groups excluding tert-OH is 1. The predicted molar refractivity (Wildman–Crippen MR) is 62.1 cm³/mol. The van der Waals surface area contributed by atoms with Crippen molar-refractivity contribution in [3.05, 3.63) is 0 Å². The lowest BCUT2D eigenvalue weighted by molar-refractivity contribution is -0.123. The van der Waals surface area contributed by atoms with Crippen LogP contribution in [0.5, 0.6) is 0 Å². The van der Waals surface area contributed by atoms with E-state index in [2.05, 4.69) is 10.6 Å². The SMILES string of the molecule is CC(=O)CC(C)(C)NC(=O)CCNCCO. The van der Waals surface area contributed by atoms with E-state index in [1.165, 1.54) is 6.92 Å². The van der Waals surface area contributed by atoms with Crippen LogP contribution in [0.4, 0.5) is 0 Å². The molecule has 0 aromatic rings. The fourth-order valence-corrected chi connectivity index (χ4v) is 1.51. The van der Waals surface area contributed by atoms with Crippen molar-refractivity contribution in [2.24, 2.45) is 0 Å². The molecule has 0 unspecified atom stereocenters. The first-order valence-electron chi connectivity index (χ1n) is 5.49. The Morgan fingerprint density at radius 1 is 1.25 bits per heavy atom. The molecule has 94 valence electrons. The van der Waals surface area contributed by atoms with Gasteiger partial charge >= 0.3 is 0 Å². The minimum Gasteiger partial charge on any atom is -0.395 e. The molecule has 1 amide bonds. The molecule has 16 heavy (non-hydrogen) atoms. The number of Topliss-reactive ketones (excluding diaryl/α,β-unsaturated/α-hetero) is 1. The van der Waals surface area contributed by atoms with Gasteiger partial charge in [-0.3, -0.25) is 9.59 Å². The standard InChI is InChI=1S/C11H22N2O3/c1-9(15)8-11(2,3)13-10(16)4-5-12-6-7-14/h12,14H,4-8H2,1-3H3,(H,13,16). The van der Waals surface area contributed by atoms with Gasteiger partial charge in [-0.1, -0.05) is 0 Å². The number of carbonyl (C=O) groups excluding carboxylic acids is 2. The average Bonchev–Trinajstić information content (AvgIpc) is 2.09. The molecular weight excluding hydrogens is 208 g/mol. The van der Waals surface area contributed by atoms with Crippen molar-refractivity contribution in [2.75, 3.05) is 19.7 Å². The van der Waals surface area contributed by atoms with Gasteiger partial charge in [-0.15, -0.1) is 0 Å². The number of hydrogen-bond donors (Lipinski definition) is 3. The minimum atomic E-state index is -0.486. The molecule has 0 heterocycles. The number of aliphatic hydroxyl groups is 1. The average molecular weight is 230 g/mol. The number of amides is 1. The first-order chi connectivity index (χ1) is 7.37. The second-order valence-electron chi connectivity index (χ2n) is 4.53. The first kappa shape index (κ1) is 15.1. The van der Waals surface area contributed by atoms with Crippen molar-refractivity contribution >= 4 is 11.7 Å². The summed E-state index contributed by atoms with van der Waals surface area (Å²) in [5.41, 5.74) is -0.486. The summed E-state index contributed by atoms with van der Waals surface area (Å²) in [5, 5.41) is 14.2. The van der Waals surface area contributed by atoms with Crippen molar-refractivity contribution in [1.29, 1.82) is 0 Å². The number of hydrogen-bond acceptors (Lipinski definition) is 4. The van der Waals surface area contributed by atoms with E-state index in [0.29, 0.717) is 25.9 Å². The molecule has 0 bridgehead atoms. The molecule has 3 N–H and O–H groups in total. The molecule has 0 atom stereocenters. The van der Waals surface area contributed by atoms with E-state index < -0.39 is 5.54 Å². The number of rotatable bonds is 8. The summed E-state index contributed by atoms with van der Waals surface area (Å²) < 4.78 is 0. The molecular formula is C11H22N2O3. The van der Waals surface area contributed by atoms with Gasteiger partial charge in [0.1, 0.15) is 5.78 Å². The van der Waals surface area contributed by atoms with Crippen molar-refractivity contribution < 1.29 is 14.7 Å².